The molecule has 19 heavy (non-hydrogen) atoms. The molecule has 0 bridgehead atoms. The molecule has 0 spiro atoms. The van der Waals surface area contributed by atoms with Crippen molar-refractivity contribution in [3.63, 3.8) is 0 Å². The molecule has 0 amide bonds. The second kappa shape index (κ2) is 5.21. The first-order chi connectivity index (χ1) is 9.28. The molecule has 3 rings (SSSR count). The first-order valence-corrected chi connectivity index (χ1v) is 7.72. The van der Waals surface area contributed by atoms with Crippen molar-refractivity contribution in [3.8, 4) is 0 Å². The van der Waals surface area contributed by atoms with E-state index in [1.807, 2.05) is 0 Å². The highest BCUT2D eigenvalue weighted by atomic mass is 32.1. The number of hydrogen-bond acceptors (Lipinski definition) is 4. The number of nitrogens with two attached hydrogens (primary N) is 1. The molecule has 1 saturated heterocycles. The van der Waals surface area contributed by atoms with Crippen molar-refractivity contribution >= 4 is 22.2 Å². The van der Waals surface area contributed by atoms with Crippen LogP contribution in [0.5, 0.6) is 0 Å². The molecule has 1 aromatic carbocycles. The second-order valence-electron chi connectivity index (χ2n) is 4.98. The fourth-order valence-corrected chi connectivity index (χ4v) is 3.37. The summed E-state index contributed by atoms with van der Waals surface area (Å²) in [6.07, 6.45) is 3.47. The van der Waals surface area contributed by atoms with Crippen molar-refractivity contribution in [2.24, 2.45) is 0 Å². The van der Waals surface area contributed by atoms with E-state index in [4.69, 9.17) is 5.73 Å². The van der Waals surface area contributed by atoms with Gasteiger partial charge in [0.15, 0.2) is 5.13 Å². The highest BCUT2D eigenvalue weighted by Crippen LogP contribution is 2.36. The quantitative estimate of drug-likeness (QED) is 0.928. The summed E-state index contributed by atoms with van der Waals surface area (Å²) in [5.74, 6) is 0. The van der Waals surface area contributed by atoms with Crippen LogP contribution in [-0.2, 0) is 6.42 Å². The molecule has 0 saturated carbocycles. The van der Waals surface area contributed by atoms with Crippen LogP contribution >= 0.6 is 11.3 Å². The summed E-state index contributed by atoms with van der Waals surface area (Å²) < 4.78 is 0. The summed E-state index contributed by atoms with van der Waals surface area (Å²) >= 11 is 1.53. The number of aryl methyl sites for hydroxylation is 1. The Morgan fingerprint density at radius 1 is 1.37 bits per heavy atom. The summed E-state index contributed by atoms with van der Waals surface area (Å²) in [5.41, 5.74) is 9.57. The molecule has 2 aromatic rings. The minimum absolute atomic E-state index is 0.390. The Balaban J connectivity index is 1.86. The van der Waals surface area contributed by atoms with Crippen LogP contribution in [-0.4, -0.2) is 11.5 Å². The van der Waals surface area contributed by atoms with E-state index in [2.05, 4.69) is 46.5 Å². The van der Waals surface area contributed by atoms with Gasteiger partial charge in [0.2, 0.25) is 0 Å². The van der Waals surface area contributed by atoms with Gasteiger partial charge in [0.1, 0.15) is 0 Å². The third-order valence-electron chi connectivity index (χ3n) is 3.81. The van der Waals surface area contributed by atoms with E-state index < -0.39 is 0 Å². The molecule has 0 radical (unpaired) electrons. The molecular weight excluding hydrogens is 254 g/mol. The van der Waals surface area contributed by atoms with Gasteiger partial charge >= 0.3 is 0 Å². The van der Waals surface area contributed by atoms with Gasteiger partial charge in [0.05, 0.1) is 11.7 Å². The maximum Gasteiger partial charge on any atom is 0.180 e. The Labute approximate surface area is 118 Å². The van der Waals surface area contributed by atoms with Crippen LogP contribution < -0.4 is 10.6 Å². The molecule has 1 aliphatic rings. The van der Waals surface area contributed by atoms with Crippen LogP contribution in [0.3, 0.4) is 0 Å². The number of rotatable bonds is 3. The first kappa shape index (κ1) is 12.5. The summed E-state index contributed by atoms with van der Waals surface area (Å²) in [6.45, 7) is 3.29. The molecule has 2 N–H and O–H groups in total. The fourth-order valence-electron chi connectivity index (χ4n) is 2.76. The Morgan fingerprint density at radius 3 is 2.79 bits per heavy atom. The molecule has 0 aliphatic carbocycles. The number of benzene rings is 1. The molecule has 0 unspecified atom stereocenters. The molecule has 1 atom stereocenters. The normalized spacial score (nSPS) is 19.0. The number of nitrogens with zero attached hydrogens (tertiary/aromatic N) is 2. The smallest absolute Gasteiger partial charge is 0.180 e. The zero-order valence-electron chi connectivity index (χ0n) is 11.2. The van der Waals surface area contributed by atoms with Gasteiger partial charge in [-0.1, -0.05) is 19.1 Å². The van der Waals surface area contributed by atoms with Gasteiger partial charge in [-0.25, -0.2) is 4.98 Å². The molecule has 1 fully saturated rings. The largest absolute Gasteiger partial charge is 0.375 e. The van der Waals surface area contributed by atoms with Gasteiger partial charge in [-0.2, -0.15) is 0 Å². The van der Waals surface area contributed by atoms with Crippen molar-refractivity contribution in [1.82, 2.24) is 4.98 Å². The lowest BCUT2D eigenvalue weighted by atomic mass is 10.1. The molecule has 100 valence electrons. The number of aromatic nitrogens is 1. The Hall–Kier alpha value is -1.55. The van der Waals surface area contributed by atoms with Crippen molar-refractivity contribution in [1.29, 1.82) is 0 Å². The van der Waals surface area contributed by atoms with Crippen LogP contribution in [0.4, 0.5) is 10.8 Å². The fraction of sp³-hybridized carbons (Fsp3) is 0.400. The Bertz CT molecular complexity index is 547. The van der Waals surface area contributed by atoms with Gasteiger partial charge in [0.25, 0.3) is 0 Å². The zero-order valence-corrected chi connectivity index (χ0v) is 12.0. The Morgan fingerprint density at radius 2 is 2.16 bits per heavy atom. The average Bonchev–Trinajstić information content (AvgIpc) is 3.07. The maximum absolute atomic E-state index is 5.76. The van der Waals surface area contributed by atoms with E-state index in [9.17, 15) is 0 Å². The molecule has 1 aromatic heterocycles. The van der Waals surface area contributed by atoms with Crippen LogP contribution in [0.25, 0.3) is 0 Å². The van der Waals surface area contributed by atoms with Gasteiger partial charge in [-0.3, -0.25) is 0 Å². The lowest BCUT2D eigenvalue weighted by molar-refractivity contribution is 0.700. The van der Waals surface area contributed by atoms with Crippen LogP contribution in [0, 0.1) is 0 Å². The number of hydrogen-bond donors (Lipinski definition) is 1. The minimum Gasteiger partial charge on any atom is -0.375 e. The van der Waals surface area contributed by atoms with E-state index in [-0.39, 0.29) is 0 Å². The predicted molar refractivity (Wildman–Crippen MR) is 81.7 cm³/mol. The van der Waals surface area contributed by atoms with Gasteiger partial charge in [-0.15, -0.1) is 11.3 Å². The topological polar surface area (TPSA) is 42.1 Å². The maximum atomic E-state index is 5.76. The molecule has 2 heterocycles. The molecular formula is C15H19N3S. The first-order valence-electron chi connectivity index (χ1n) is 6.84. The summed E-state index contributed by atoms with van der Waals surface area (Å²) in [4.78, 5) is 6.91. The lowest BCUT2D eigenvalue weighted by Crippen LogP contribution is -2.22. The molecule has 1 aliphatic heterocycles. The summed E-state index contributed by atoms with van der Waals surface area (Å²) in [5, 5.41) is 2.77. The van der Waals surface area contributed by atoms with E-state index in [1.165, 1.54) is 35.4 Å². The zero-order chi connectivity index (χ0) is 13.2. The van der Waals surface area contributed by atoms with E-state index in [0.29, 0.717) is 11.2 Å². The third kappa shape index (κ3) is 2.45. The number of nitrogen functional groups attached to an aromatic ring is 1. The average molecular weight is 273 g/mol. The SMILES string of the molecule is CCc1ccc(N2CCC[C@@H]2c2csc(N)n2)cc1. The highest BCUT2D eigenvalue weighted by Gasteiger charge is 2.27. The highest BCUT2D eigenvalue weighted by molar-refractivity contribution is 7.13. The predicted octanol–water partition coefficient (Wildman–Crippen LogP) is 3.63. The monoisotopic (exact) mass is 273 g/mol. The van der Waals surface area contributed by atoms with Gasteiger partial charge in [0, 0.05) is 17.6 Å². The van der Waals surface area contributed by atoms with E-state index in [0.717, 1.165) is 18.7 Å². The van der Waals surface area contributed by atoms with Crippen LogP contribution in [0.1, 0.15) is 37.1 Å². The van der Waals surface area contributed by atoms with Crippen molar-refractivity contribution in [2.45, 2.75) is 32.2 Å². The summed E-state index contributed by atoms with van der Waals surface area (Å²) in [6, 6.07) is 9.29. The molecule has 4 heteroatoms. The van der Waals surface area contributed by atoms with Crippen molar-refractivity contribution in [2.75, 3.05) is 17.2 Å². The van der Waals surface area contributed by atoms with E-state index in [1.54, 1.807) is 0 Å². The van der Waals surface area contributed by atoms with Crippen molar-refractivity contribution in [3.05, 3.63) is 40.9 Å². The molecule has 3 nitrogen and oxygen atoms in total. The van der Waals surface area contributed by atoms with Crippen molar-refractivity contribution < 1.29 is 0 Å². The number of anilines is 2. The van der Waals surface area contributed by atoms with Gasteiger partial charge < -0.3 is 10.6 Å². The number of thiazole rings is 1. The summed E-state index contributed by atoms with van der Waals surface area (Å²) in [7, 11) is 0. The van der Waals surface area contributed by atoms with E-state index >= 15 is 0 Å². The minimum atomic E-state index is 0.390. The van der Waals surface area contributed by atoms with Gasteiger partial charge in [-0.05, 0) is 37.0 Å². The van der Waals surface area contributed by atoms with Crippen LogP contribution in [0.15, 0.2) is 29.6 Å². The lowest BCUT2D eigenvalue weighted by Gasteiger charge is -2.25. The van der Waals surface area contributed by atoms with Crippen LogP contribution in [0.2, 0.25) is 0 Å². The Kier molecular flexibility index (Phi) is 3.42. The second-order valence-corrected chi connectivity index (χ2v) is 5.87. The standard InChI is InChI=1S/C15H19N3S/c1-2-11-5-7-12(8-6-11)18-9-3-4-14(18)13-10-19-15(16)17-13/h5-8,10,14H,2-4,9H2,1H3,(H2,16,17)/t14-/m1/s1. The third-order valence-corrected chi connectivity index (χ3v) is 4.50.